The van der Waals surface area contributed by atoms with Crippen LogP contribution in [0.4, 0.5) is 11.5 Å². The van der Waals surface area contributed by atoms with Crippen LogP contribution in [0.2, 0.25) is 0 Å². The summed E-state index contributed by atoms with van der Waals surface area (Å²) in [6, 6.07) is 3.81. The van der Waals surface area contributed by atoms with Crippen LogP contribution >= 0.6 is 45.5 Å². The number of aryl methyl sites for hydroxylation is 1. The number of halogens is 2. The van der Waals surface area contributed by atoms with Crippen LogP contribution < -0.4 is 8.43 Å². The van der Waals surface area contributed by atoms with Gasteiger partial charge in [0, 0.05) is 11.7 Å². The summed E-state index contributed by atoms with van der Waals surface area (Å²) in [6.45, 7) is 3.93. The largest absolute Gasteiger partial charge is 0.442 e. The summed E-state index contributed by atoms with van der Waals surface area (Å²) in [5.74, 6) is 1.58. The van der Waals surface area contributed by atoms with E-state index < -0.39 is 0 Å². The number of carbonyl (C=O) groups excluding carboxylic acids is 1. The Kier molecular flexibility index (Phi) is 5.11. The van der Waals surface area contributed by atoms with Crippen molar-refractivity contribution in [2.75, 3.05) is 8.43 Å². The maximum Gasteiger partial charge on any atom is 0.260 e. The van der Waals surface area contributed by atoms with Crippen molar-refractivity contribution in [3.63, 3.8) is 0 Å². The zero-order chi connectivity index (χ0) is 21.8. The molecule has 1 aliphatic rings. The molecule has 0 aromatic carbocycles. The first-order valence-corrected chi connectivity index (χ1v) is 11.6. The molecule has 1 N–H and O–H groups in total. The highest BCUT2D eigenvalue weighted by Crippen LogP contribution is 2.47. The van der Waals surface area contributed by atoms with Gasteiger partial charge in [-0.3, -0.25) is 7.91 Å². The Bertz CT molecular complexity index is 1310. The lowest BCUT2D eigenvalue weighted by Crippen LogP contribution is -2.26. The number of rotatable bonds is 5. The van der Waals surface area contributed by atoms with Gasteiger partial charge < -0.3 is 9.73 Å². The average molecular weight is 641 g/mol. The lowest BCUT2D eigenvalue weighted by Gasteiger charge is -2.23. The molecule has 4 aromatic rings. The van der Waals surface area contributed by atoms with E-state index in [1.54, 1.807) is 30.2 Å². The summed E-state index contributed by atoms with van der Waals surface area (Å²) >= 11 is 4.46. The summed E-state index contributed by atoms with van der Waals surface area (Å²) in [6.07, 6.45) is 8.64. The van der Waals surface area contributed by atoms with Gasteiger partial charge >= 0.3 is 0 Å². The number of nitrogens with one attached hydrogen (secondary N) is 1. The number of fused-ring (bicyclic) bond motifs is 1. The standard InChI is InChI=1S/C20H17I2N7O2/c1-11-14(15-17(24-10-25-19(15)31-11)29(22)20(2)5-6-20)18(30)27-12-8-26-28(9-12)16-13(21)4-3-7-23-16/h3-4,7-10H,5-6H2,1-2H3,(H,27,30). The number of aromatic nitrogens is 5. The van der Waals surface area contributed by atoms with Crippen LogP contribution in [0.1, 0.15) is 35.9 Å². The van der Waals surface area contributed by atoms with Gasteiger partial charge in [-0.25, -0.2) is 19.6 Å². The smallest absolute Gasteiger partial charge is 0.260 e. The predicted molar refractivity (Wildman–Crippen MR) is 133 cm³/mol. The van der Waals surface area contributed by atoms with Crippen molar-refractivity contribution in [3.05, 3.63) is 51.9 Å². The molecule has 11 heteroatoms. The van der Waals surface area contributed by atoms with Gasteiger partial charge in [-0.2, -0.15) is 5.10 Å². The van der Waals surface area contributed by atoms with E-state index in [-0.39, 0.29) is 11.4 Å². The number of carbonyl (C=O) groups is 1. The number of furan rings is 1. The number of anilines is 2. The van der Waals surface area contributed by atoms with Crippen LogP contribution in [-0.2, 0) is 0 Å². The van der Waals surface area contributed by atoms with E-state index in [9.17, 15) is 4.79 Å². The van der Waals surface area contributed by atoms with Crippen molar-refractivity contribution in [1.29, 1.82) is 0 Å². The number of pyridine rings is 1. The molecule has 1 amide bonds. The molecule has 0 atom stereocenters. The van der Waals surface area contributed by atoms with Crippen LogP contribution in [0.15, 0.2) is 41.5 Å². The fourth-order valence-electron chi connectivity index (χ4n) is 3.33. The molecule has 1 aliphatic carbocycles. The van der Waals surface area contributed by atoms with Gasteiger partial charge in [0.05, 0.1) is 55.5 Å². The van der Waals surface area contributed by atoms with Crippen LogP contribution in [0.5, 0.6) is 0 Å². The summed E-state index contributed by atoms with van der Waals surface area (Å²) < 4.78 is 10.5. The van der Waals surface area contributed by atoms with E-state index in [2.05, 4.69) is 80.9 Å². The molecule has 5 rings (SSSR count). The van der Waals surface area contributed by atoms with Crippen molar-refractivity contribution >= 4 is 74.0 Å². The van der Waals surface area contributed by atoms with Crippen LogP contribution in [-0.4, -0.2) is 36.2 Å². The molecule has 0 aliphatic heterocycles. The van der Waals surface area contributed by atoms with Crippen molar-refractivity contribution in [2.45, 2.75) is 32.2 Å². The second-order valence-corrected chi connectivity index (χ2v) is 9.75. The first-order chi connectivity index (χ1) is 14.9. The summed E-state index contributed by atoms with van der Waals surface area (Å²) in [7, 11) is 0. The fourth-order valence-corrected chi connectivity index (χ4v) is 4.77. The van der Waals surface area contributed by atoms with Gasteiger partial charge in [0.2, 0.25) is 5.71 Å². The average Bonchev–Trinajstić information content (AvgIpc) is 3.18. The van der Waals surface area contributed by atoms with Gasteiger partial charge in [0.15, 0.2) is 11.6 Å². The molecular formula is C20H17I2N7O2. The van der Waals surface area contributed by atoms with Gasteiger partial charge in [-0.15, -0.1) is 0 Å². The molecule has 0 radical (unpaired) electrons. The second-order valence-electron chi connectivity index (χ2n) is 7.62. The molecule has 158 valence electrons. The molecule has 0 spiro atoms. The lowest BCUT2D eigenvalue weighted by atomic mass is 10.1. The van der Waals surface area contributed by atoms with Crippen molar-refractivity contribution in [2.24, 2.45) is 0 Å². The molecule has 31 heavy (non-hydrogen) atoms. The Hall–Kier alpha value is -2.29. The highest BCUT2D eigenvalue weighted by atomic mass is 127. The van der Waals surface area contributed by atoms with Gasteiger partial charge in [-0.1, -0.05) is 0 Å². The van der Waals surface area contributed by atoms with E-state index in [1.165, 1.54) is 6.33 Å². The molecule has 9 nitrogen and oxygen atoms in total. The molecule has 4 heterocycles. The third-order valence-electron chi connectivity index (χ3n) is 5.30. The Morgan fingerprint density at radius 1 is 1.32 bits per heavy atom. The minimum atomic E-state index is -0.298. The number of hydrogen-bond acceptors (Lipinski definition) is 7. The number of hydrogen-bond donors (Lipinski definition) is 1. The Morgan fingerprint density at radius 2 is 2.13 bits per heavy atom. The Labute approximate surface area is 205 Å². The van der Waals surface area contributed by atoms with Crippen LogP contribution in [0, 0.1) is 10.5 Å². The summed E-state index contributed by atoms with van der Waals surface area (Å²) in [5.41, 5.74) is 1.41. The SMILES string of the molecule is Cc1oc2ncnc(N(I)C3(C)CC3)c2c1C(=O)Nc1cnn(-c2ncccc2I)c1. The minimum Gasteiger partial charge on any atom is -0.442 e. The van der Waals surface area contributed by atoms with E-state index in [0.29, 0.717) is 39.7 Å². The predicted octanol–water partition coefficient (Wildman–Crippen LogP) is 4.68. The van der Waals surface area contributed by atoms with E-state index in [0.717, 1.165) is 16.4 Å². The Balaban J connectivity index is 1.50. The quantitative estimate of drug-likeness (QED) is 0.250. The van der Waals surface area contributed by atoms with Gasteiger partial charge in [0.1, 0.15) is 12.1 Å². The molecule has 0 bridgehead atoms. The summed E-state index contributed by atoms with van der Waals surface area (Å²) in [5, 5.41) is 7.87. The van der Waals surface area contributed by atoms with Gasteiger partial charge in [-0.05, 0) is 61.4 Å². The van der Waals surface area contributed by atoms with Crippen LogP contribution in [0.3, 0.4) is 0 Å². The maximum atomic E-state index is 13.3. The van der Waals surface area contributed by atoms with E-state index >= 15 is 0 Å². The summed E-state index contributed by atoms with van der Waals surface area (Å²) in [4.78, 5) is 26.3. The lowest BCUT2D eigenvalue weighted by molar-refractivity contribution is 0.102. The van der Waals surface area contributed by atoms with E-state index in [1.807, 2.05) is 12.1 Å². The topological polar surface area (TPSA) is 102 Å². The molecular weight excluding hydrogens is 624 g/mol. The Morgan fingerprint density at radius 3 is 2.87 bits per heavy atom. The second kappa shape index (κ2) is 7.69. The monoisotopic (exact) mass is 641 g/mol. The minimum absolute atomic E-state index is 0.0295. The molecule has 4 aromatic heterocycles. The van der Waals surface area contributed by atoms with Crippen molar-refractivity contribution < 1.29 is 9.21 Å². The molecule has 1 saturated carbocycles. The first kappa shape index (κ1) is 20.6. The third kappa shape index (κ3) is 3.66. The highest BCUT2D eigenvalue weighted by molar-refractivity contribution is 14.1. The highest BCUT2D eigenvalue weighted by Gasteiger charge is 2.44. The molecule has 1 fully saturated rings. The maximum absolute atomic E-state index is 13.3. The van der Waals surface area contributed by atoms with Crippen LogP contribution in [0.25, 0.3) is 16.9 Å². The van der Waals surface area contributed by atoms with Crippen molar-refractivity contribution in [1.82, 2.24) is 24.7 Å². The molecule has 0 unspecified atom stereocenters. The normalized spacial score (nSPS) is 14.6. The fraction of sp³-hybridized carbons (Fsp3) is 0.250. The third-order valence-corrected chi connectivity index (χ3v) is 7.77. The zero-order valence-electron chi connectivity index (χ0n) is 16.6. The molecule has 0 saturated heterocycles. The number of amides is 1. The van der Waals surface area contributed by atoms with Gasteiger partial charge in [0.25, 0.3) is 5.91 Å². The number of nitrogens with zero attached hydrogens (tertiary/aromatic N) is 6. The first-order valence-electron chi connectivity index (χ1n) is 9.54. The van der Waals surface area contributed by atoms with E-state index in [4.69, 9.17) is 4.42 Å². The zero-order valence-corrected chi connectivity index (χ0v) is 20.9. The van der Waals surface area contributed by atoms with Crippen molar-refractivity contribution in [3.8, 4) is 5.82 Å².